The third-order valence-electron chi connectivity index (χ3n) is 6.45. The normalized spacial score (nSPS) is 18.4. The monoisotopic (exact) mass is 335 g/mol. The van der Waals surface area contributed by atoms with E-state index in [0.717, 1.165) is 5.92 Å². The van der Waals surface area contributed by atoms with Gasteiger partial charge in [0.1, 0.15) is 0 Å². The average molecular weight is 336 g/mol. The topological polar surface area (TPSA) is 12.0 Å². The molecule has 0 saturated heterocycles. The van der Waals surface area contributed by atoms with Crippen molar-refractivity contribution in [3.63, 3.8) is 0 Å². The van der Waals surface area contributed by atoms with Crippen molar-refractivity contribution in [1.29, 1.82) is 0 Å². The summed E-state index contributed by atoms with van der Waals surface area (Å²) < 4.78 is 0. The number of hydrogen-bond donors (Lipinski definition) is 1. The molecule has 2 atom stereocenters. The Morgan fingerprint density at radius 2 is 1.68 bits per heavy atom. The second kappa shape index (κ2) is 7.74. The van der Waals surface area contributed by atoms with Gasteiger partial charge in [0.05, 0.1) is 5.54 Å². The molecular weight excluding hydrogens is 302 g/mol. The van der Waals surface area contributed by atoms with Crippen LogP contribution in [-0.2, 0) is 5.54 Å². The summed E-state index contributed by atoms with van der Waals surface area (Å²) in [5.41, 5.74) is 5.48. The minimum atomic E-state index is -0.160. The standard InChI is InChI=1S/C24H33N/c1-18(16-17-20-11-9-12-20)21-13-6-8-15-23(21)24(3,25-4)22-14-7-5-10-19(22)2/h5-8,10,13-15,18,20,25H,9,11-12,16-17H2,1-4H3/t18-,24-/m1/s1. The number of nitrogens with one attached hydrogen (secondary N) is 1. The molecule has 25 heavy (non-hydrogen) atoms. The van der Waals surface area contributed by atoms with E-state index < -0.39 is 0 Å². The fraction of sp³-hybridized carbons (Fsp3) is 0.500. The third kappa shape index (κ3) is 3.67. The van der Waals surface area contributed by atoms with Gasteiger partial charge in [0.15, 0.2) is 0 Å². The quantitative estimate of drug-likeness (QED) is 0.639. The Morgan fingerprint density at radius 1 is 1.04 bits per heavy atom. The smallest absolute Gasteiger partial charge is 0.0664 e. The van der Waals surface area contributed by atoms with Gasteiger partial charge < -0.3 is 5.32 Å². The molecule has 1 saturated carbocycles. The molecule has 1 aliphatic carbocycles. The lowest BCUT2D eigenvalue weighted by Gasteiger charge is -2.35. The van der Waals surface area contributed by atoms with Crippen LogP contribution < -0.4 is 5.32 Å². The van der Waals surface area contributed by atoms with E-state index >= 15 is 0 Å². The molecule has 0 bridgehead atoms. The first-order valence-corrected chi connectivity index (χ1v) is 9.90. The SMILES string of the molecule is CN[C@](C)(c1ccccc1C)c1ccccc1[C@H](C)CCC1CCC1. The molecule has 0 aromatic heterocycles. The van der Waals surface area contributed by atoms with Gasteiger partial charge in [0, 0.05) is 0 Å². The number of aryl methyl sites for hydroxylation is 1. The molecule has 1 N–H and O–H groups in total. The summed E-state index contributed by atoms with van der Waals surface area (Å²) in [6.45, 7) is 6.95. The predicted octanol–water partition coefficient (Wildman–Crippen LogP) is 6.16. The summed E-state index contributed by atoms with van der Waals surface area (Å²) in [4.78, 5) is 0. The highest BCUT2D eigenvalue weighted by molar-refractivity contribution is 5.46. The highest BCUT2D eigenvalue weighted by atomic mass is 14.9. The minimum absolute atomic E-state index is 0.160. The third-order valence-corrected chi connectivity index (χ3v) is 6.45. The van der Waals surface area contributed by atoms with E-state index in [4.69, 9.17) is 0 Å². The highest BCUT2D eigenvalue weighted by Crippen LogP contribution is 2.39. The Hall–Kier alpha value is -1.60. The Kier molecular flexibility index (Phi) is 5.64. The van der Waals surface area contributed by atoms with Crippen molar-refractivity contribution in [3.8, 4) is 0 Å². The van der Waals surface area contributed by atoms with Gasteiger partial charge in [-0.1, -0.05) is 74.7 Å². The van der Waals surface area contributed by atoms with Crippen LogP contribution in [0.25, 0.3) is 0 Å². The Morgan fingerprint density at radius 3 is 2.28 bits per heavy atom. The zero-order chi connectivity index (χ0) is 17.9. The summed E-state index contributed by atoms with van der Waals surface area (Å²) in [6, 6.07) is 17.8. The van der Waals surface area contributed by atoms with E-state index in [1.54, 1.807) is 0 Å². The number of benzene rings is 2. The van der Waals surface area contributed by atoms with Crippen molar-refractivity contribution in [2.45, 2.75) is 64.3 Å². The molecule has 1 aliphatic rings. The van der Waals surface area contributed by atoms with Gasteiger partial charge in [0.25, 0.3) is 0 Å². The van der Waals surface area contributed by atoms with Crippen molar-refractivity contribution in [2.75, 3.05) is 7.05 Å². The van der Waals surface area contributed by atoms with Crippen LogP contribution in [0.4, 0.5) is 0 Å². The van der Waals surface area contributed by atoms with Gasteiger partial charge in [-0.05, 0) is 67.8 Å². The molecule has 0 aliphatic heterocycles. The van der Waals surface area contributed by atoms with Gasteiger partial charge in [0.2, 0.25) is 0 Å². The molecule has 1 fully saturated rings. The van der Waals surface area contributed by atoms with Crippen LogP contribution in [0.5, 0.6) is 0 Å². The Labute approximate surface area is 153 Å². The fourth-order valence-corrected chi connectivity index (χ4v) is 4.35. The summed E-state index contributed by atoms with van der Waals surface area (Å²) in [6.07, 6.45) is 7.03. The second-order valence-corrected chi connectivity index (χ2v) is 8.05. The lowest BCUT2D eigenvalue weighted by Crippen LogP contribution is -2.39. The molecular formula is C24H33N. The zero-order valence-electron chi connectivity index (χ0n) is 16.3. The molecule has 1 nitrogen and oxygen atoms in total. The maximum atomic E-state index is 3.63. The van der Waals surface area contributed by atoms with Gasteiger partial charge in [-0.2, -0.15) is 0 Å². The molecule has 134 valence electrons. The molecule has 0 heterocycles. The predicted molar refractivity (Wildman–Crippen MR) is 108 cm³/mol. The summed E-state index contributed by atoms with van der Waals surface area (Å²) in [7, 11) is 2.09. The maximum absolute atomic E-state index is 3.63. The second-order valence-electron chi connectivity index (χ2n) is 8.05. The van der Waals surface area contributed by atoms with E-state index in [1.807, 2.05) is 0 Å². The molecule has 0 amide bonds. The van der Waals surface area contributed by atoms with Crippen LogP contribution >= 0.6 is 0 Å². The fourth-order valence-electron chi connectivity index (χ4n) is 4.35. The Balaban J connectivity index is 1.93. The molecule has 0 spiro atoms. The number of rotatable bonds is 7. The molecule has 2 aromatic carbocycles. The average Bonchev–Trinajstić information content (AvgIpc) is 2.60. The van der Waals surface area contributed by atoms with Crippen molar-refractivity contribution in [3.05, 3.63) is 70.8 Å². The van der Waals surface area contributed by atoms with Crippen LogP contribution in [0, 0.1) is 12.8 Å². The Bertz CT molecular complexity index is 701. The molecule has 0 unspecified atom stereocenters. The first-order valence-electron chi connectivity index (χ1n) is 9.90. The lowest BCUT2D eigenvalue weighted by molar-refractivity contribution is 0.283. The lowest BCUT2D eigenvalue weighted by atomic mass is 9.75. The highest BCUT2D eigenvalue weighted by Gasteiger charge is 2.31. The van der Waals surface area contributed by atoms with Crippen molar-refractivity contribution in [1.82, 2.24) is 5.32 Å². The first-order chi connectivity index (χ1) is 12.1. The maximum Gasteiger partial charge on any atom is 0.0664 e. The molecule has 3 rings (SSSR count). The molecule has 2 aromatic rings. The number of hydrogen-bond acceptors (Lipinski definition) is 1. The van der Waals surface area contributed by atoms with E-state index in [1.165, 1.54) is 54.4 Å². The van der Waals surface area contributed by atoms with Gasteiger partial charge in [-0.3, -0.25) is 0 Å². The summed E-state index contributed by atoms with van der Waals surface area (Å²) in [5, 5.41) is 3.63. The molecule has 1 heteroatoms. The van der Waals surface area contributed by atoms with E-state index in [0.29, 0.717) is 5.92 Å². The van der Waals surface area contributed by atoms with Crippen LogP contribution in [0.3, 0.4) is 0 Å². The minimum Gasteiger partial charge on any atom is -0.307 e. The largest absolute Gasteiger partial charge is 0.307 e. The van der Waals surface area contributed by atoms with Crippen molar-refractivity contribution in [2.24, 2.45) is 5.92 Å². The summed E-state index contributed by atoms with van der Waals surface area (Å²) in [5.74, 6) is 1.59. The zero-order valence-corrected chi connectivity index (χ0v) is 16.3. The van der Waals surface area contributed by atoms with Gasteiger partial charge >= 0.3 is 0 Å². The summed E-state index contributed by atoms with van der Waals surface area (Å²) >= 11 is 0. The van der Waals surface area contributed by atoms with Crippen LogP contribution in [0.1, 0.15) is 74.1 Å². The van der Waals surface area contributed by atoms with Crippen molar-refractivity contribution >= 4 is 0 Å². The van der Waals surface area contributed by atoms with E-state index in [9.17, 15) is 0 Å². The van der Waals surface area contributed by atoms with Crippen molar-refractivity contribution < 1.29 is 0 Å². The van der Waals surface area contributed by atoms with Crippen LogP contribution in [0.2, 0.25) is 0 Å². The van der Waals surface area contributed by atoms with Gasteiger partial charge in [-0.15, -0.1) is 0 Å². The first kappa shape index (κ1) is 18.2. The van der Waals surface area contributed by atoms with E-state index in [-0.39, 0.29) is 5.54 Å². The van der Waals surface area contributed by atoms with Crippen LogP contribution in [-0.4, -0.2) is 7.05 Å². The molecule has 0 radical (unpaired) electrons. The van der Waals surface area contributed by atoms with E-state index in [2.05, 4.69) is 81.7 Å². The van der Waals surface area contributed by atoms with Crippen LogP contribution in [0.15, 0.2) is 48.5 Å². The van der Waals surface area contributed by atoms with Gasteiger partial charge in [-0.25, -0.2) is 0 Å².